The predicted octanol–water partition coefficient (Wildman–Crippen LogP) is 2.98. The summed E-state index contributed by atoms with van der Waals surface area (Å²) in [6.45, 7) is 9.88. The molecular weight excluding hydrogens is 538 g/mol. The van der Waals surface area contributed by atoms with Gasteiger partial charge in [0.15, 0.2) is 0 Å². The van der Waals surface area contributed by atoms with Crippen molar-refractivity contribution in [1.82, 2.24) is 9.44 Å². The molecular formula is C24H39N3O7S3-2. The second-order valence-electron chi connectivity index (χ2n) is 8.02. The van der Waals surface area contributed by atoms with Crippen molar-refractivity contribution in [3.63, 3.8) is 0 Å². The van der Waals surface area contributed by atoms with Crippen molar-refractivity contribution in [2.45, 2.75) is 53.9 Å². The Balaban J connectivity index is 0. The Morgan fingerprint density at radius 3 is 1.49 bits per heavy atom. The summed E-state index contributed by atoms with van der Waals surface area (Å²) < 4.78 is 65.1. The molecule has 2 aromatic carbocycles. The largest absolute Gasteiger partial charge is 0.760 e. The van der Waals surface area contributed by atoms with Crippen LogP contribution in [0.4, 0.5) is 5.69 Å². The minimum Gasteiger partial charge on any atom is -0.760 e. The maximum Gasteiger partial charge on any atom is 0.229 e. The summed E-state index contributed by atoms with van der Waals surface area (Å²) >= 11 is -4.52. The van der Waals surface area contributed by atoms with E-state index in [-0.39, 0.29) is 0 Å². The first-order valence-corrected chi connectivity index (χ1v) is 15.4. The number of carbonyl (C=O) groups excluding carboxylic acids is 1. The third kappa shape index (κ3) is 25.3. The molecule has 2 unspecified atom stereocenters. The zero-order valence-electron chi connectivity index (χ0n) is 22.4. The molecule has 0 bridgehead atoms. The second-order valence-corrected chi connectivity index (χ2v) is 11.3. The summed E-state index contributed by atoms with van der Waals surface area (Å²) in [5.41, 5.74) is 4.70. The highest BCUT2D eigenvalue weighted by atomic mass is 32.2. The van der Waals surface area contributed by atoms with E-state index < -0.39 is 38.5 Å². The lowest BCUT2D eigenvalue weighted by molar-refractivity contribution is -0.117. The second kappa shape index (κ2) is 20.8. The van der Waals surface area contributed by atoms with E-state index >= 15 is 0 Å². The lowest BCUT2D eigenvalue weighted by atomic mass is 10.0. The molecule has 2 atom stereocenters. The Bertz CT molecular complexity index is 1030. The van der Waals surface area contributed by atoms with Crippen molar-refractivity contribution < 1.29 is 30.7 Å². The number of aryl methyl sites for hydroxylation is 2. The number of rotatable bonds is 8. The van der Waals surface area contributed by atoms with Crippen molar-refractivity contribution in [3.8, 4) is 0 Å². The van der Waals surface area contributed by atoms with Crippen molar-refractivity contribution in [2.24, 2.45) is 5.92 Å². The average molecular weight is 578 g/mol. The Hall–Kier alpha value is -2.16. The van der Waals surface area contributed by atoms with Gasteiger partial charge in [-0.1, -0.05) is 64.1 Å². The fourth-order valence-corrected chi connectivity index (χ4v) is 3.32. The number of anilines is 1. The molecule has 2 rings (SSSR count). The van der Waals surface area contributed by atoms with Gasteiger partial charge in [0.25, 0.3) is 0 Å². The molecule has 0 saturated carbocycles. The number of hydrogen-bond donors (Lipinski definition) is 3. The van der Waals surface area contributed by atoms with Crippen molar-refractivity contribution in [1.29, 1.82) is 0 Å². The summed E-state index contributed by atoms with van der Waals surface area (Å²) in [6.07, 6.45) is 4.44. The first kappa shape index (κ1) is 37.0. The monoisotopic (exact) mass is 577 g/mol. The fraction of sp³-hybridized carbons (Fsp3) is 0.458. The smallest absolute Gasteiger partial charge is 0.229 e. The summed E-state index contributed by atoms with van der Waals surface area (Å²) in [7, 11) is -1.81. The van der Waals surface area contributed by atoms with E-state index in [0.29, 0.717) is 5.69 Å². The highest BCUT2D eigenvalue weighted by molar-refractivity contribution is 7.92. The molecule has 13 heteroatoms. The van der Waals surface area contributed by atoms with Crippen LogP contribution in [-0.4, -0.2) is 45.2 Å². The van der Waals surface area contributed by atoms with Crippen LogP contribution in [0.2, 0.25) is 0 Å². The van der Waals surface area contributed by atoms with E-state index in [4.69, 9.17) is 0 Å². The predicted molar refractivity (Wildman–Crippen MR) is 149 cm³/mol. The van der Waals surface area contributed by atoms with Gasteiger partial charge in [0.05, 0.1) is 6.26 Å². The SMILES string of the molecule is CC(=O)NS(=O)[O-].CCc1ccc(CC(C)C)cc1.CCc1ccc(NS(C)(=O)=O)cc1.CNS(=O)[O-]. The number of amides is 1. The minimum atomic E-state index is -3.15. The molecule has 1 amide bonds. The van der Waals surface area contributed by atoms with Crippen LogP contribution in [0.5, 0.6) is 0 Å². The lowest BCUT2D eigenvalue weighted by Crippen LogP contribution is -2.21. The maximum atomic E-state index is 10.8. The molecule has 2 aromatic rings. The van der Waals surface area contributed by atoms with Gasteiger partial charge in [0.2, 0.25) is 15.9 Å². The minimum absolute atomic E-state index is 0.576. The van der Waals surface area contributed by atoms with Crippen LogP contribution in [0, 0.1) is 5.92 Å². The highest BCUT2D eigenvalue weighted by Gasteiger charge is 2.00. The first-order valence-electron chi connectivity index (χ1n) is 11.4. The topological polar surface area (TPSA) is 168 Å². The molecule has 0 fully saturated rings. The number of nitrogens with one attached hydrogen (secondary N) is 3. The van der Waals surface area contributed by atoms with Gasteiger partial charge in [-0.25, -0.2) is 8.42 Å². The Morgan fingerprint density at radius 1 is 0.865 bits per heavy atom. The summed E-state index contributed by atoms with van der Waals surface area (Å²) in [6, 6.07) is 16.3. The number of hydrogen-bond acceptors (Lipinski definition) is 7. The Labute approximate surface area is 226 Å². The Kier molecular flexibility index (Phi) is 20.8. The van der Waals surface area contributed by atoms with E-state index in [1.54, 1.807) is 16.9 Å². The number of carbonyl (C=O) groups is 1. The number of sulfonamides is 1. The van der Waals surface area contributed by atoms with Crippen LogP contribution in [0.3, 0.4) is 0 Å². The van der Waals surface area contributed by atoms with Crippen LogP contribution in [0.25, 0.3) is 0 Å². The van der Waals surface area contributed by atoms with Crippen LogP contribution in [-0.2, 0) is 56.6 Å². The first-order chi connectivity index (χ1) is 17.1. The van der Waals surface area contributed by atoms with Gasteiger partial charge in [-0.05, 0) is 61.1 Å². The third-order valence-corrected chi connectivity index (χ3v) is 5.53. The van der Waals surface area contributed by atoms with E-state index in [2.05, 4.69) is 56.7 Å². The molecule has 37 heavy (non-hydrogen) atoms. The van der Waals surface area contributed by atoms with Gasteiger partial charge in [-0.3, -0.25) is 27.4 Å². The third-order valence-electron chi connectivity index (χ3n) is 4.13. The van der Waals surface area contributed by atoms with Crippen molar-refractivity contribution in [3.05, 3.63) is 65.2 Å². The van der Waals surface area contributed by atoms with E-state index in [1.807, 2.05) is 16.9 Å². The molecule has 0 spiro atoms. The Morgan fingerprint density at radius 2 is 1.24 bits per heavy atom. The zero-order valence-corrected chi connectivity index (χ0v) is 24.8. The normalized spacial score (nSPS) is 11.8. The molecule has 0 aromatic heterocycles. The van der Waals surface area contributed by atoms with Gasteiger partial charge in [-0.2, -0.15) is 0 Å². The van der Waals surface area contributed by atoms with Crippen LogP contribution in [0.1, 0.15) is 51.3 Å². The zero-order chi connectivity index (χ0) is 29.0. The van der Waals surface area contributed by atoms with E-state index in [0.717, 1.165) is 31.9 Å². The molecule has 10 nitrogen and oxygen atoms in total. The molecule has 0 radical (unpaired) electrons. The van der Waals surface area contributed by atoms with E-state index in [9.17, 15) is 30.7 Å². The molecule has 0 aliphatic heterocycles. The molecule has 212 valence electrons. The lowest BCUT2D eigenvalue weighted by Gasteiger charge is -2.05. The van der Waals surface area contributed by atoms with Gasteiger partial charge in [0, 0.05) is 35.1 Å². The molecule has 0 aliphatic rings. The van der Waals surface area contributed by atoms with Crippen molar-refractivity contribution >= 4 is 44.2 Å². The van der Waals surface area contributed by atoms with Crippen molar-refractivity contribution in [2.75, 3.05) is 18.0 Å². The maximum absolute atomic E-state index is 10.8. The molecule has 3 N–H and O–H groups in total. The van der Waals surface area contributed by atoms with Gasteiger partial charge < -0.3 is 9.11 Å². The summed E-state index contributed by atoms with van der Waals surface area (Å²) in [5.74, 6) is 0.186. The van der Waals surface area contributed by atoms with Gasteiger partial charge in [0.1, 0.15) is 0 Å². The highest BCUT2D eigenvalue weighted by Crippen LogP contribution is 2.11. The molecule has 0 aliphatic carbocycles. The summed E-state index contributed by atoms with van der Waals surface area (Å²) in [4.78, 5) is 9.75. The standard InChI is InChI=1S/C12H18.C9H13NO2S.C2H5NO3S.CH5NO2S/c1-4-11-5-7-12(8-6-11)9-10(2)3;1-3-8-4-6-9(7-5-8)10-13(2,11)12;1-2(4)3-7(5)6;1-2-5(3)4/h5-8,10H,4,9H2,1-3H3;4-7,10H,3H2,1-2H3;1H3,(H,3,4)(H,5,6);2H,1H3,(H,3,4)/p-2. The fourth-order valence-electron chi connectivity index (χ4n) is 2.52. The van der Waals surface area contributed by atoms with Crippen LogP contribution in [0.15, 0.2) is 48.5 Å². The summed E-state index contributed by atoms with van der Waals surface area (Å²) in [5, 5.41) is 0. The van der Waals surface area contributed by atoms with Gasteiger partial charge >= 0.3 is 0 Å². The van der Waals surface area contributed by atoms with Crippen LogP contribution >= 0.6 is 0 Å². The molecule has 0 saturated heterocycles. The van der Waals surface area contributed by atoms with Gasteiger partial charge in [-0.15, -0.1) is 0 Å². The quantitative estimate of drug-likeness (QED) is 0.405. The van der Waals surface area contributed by atoms with Crippen LogP contribution < -0.4 is 14.2 Å². The molecule has 0 heterocycles. The average Bonchev–Trinajstić information content (AvgIpc) is 2.79. The number of benzene rings is 2. The van der Waals surface area contributed by atoms with E-state index in [1.165, 1.54) is 30.2 Å².